The van der Waals surface area contributed by atoms with Crippen LogP contribution in [0.2, 0.25) is 0 Å². The Kier molecular flexibility index (Phi) is 6.61. The number of benzene rings is 3. The molecule has 2 aliphatic rings. The number of fused-ring (bicyclic) bond motifs is 1. The number of esters is 1. The fourth-order valence-corrected chi connectivity index (χ4v) is 4.73. The van der Waals surface area contributed by atoms with Crippen LogP contribution in [-0.2, 0) is 22.3 Å². The van der Waals surface area contributed by atoms with Gasteiger partial charge in [-0.15, -0.1) is 0 Å². The molecule has 1 fully saturated rings. The fraction of sp³-hybridized carbons (Fsp3) is 0.241. The molecule has 5 rings (SSSR count). The van der Waals surface area contributed by atoms with E-state index in [0.29, 0.717) is 33.7 Å². The quantitative estimate of drug-likeness (QED) is 0.301. The Morgan fingerprint density at radius 3 is 2.46 bits per heavy atom. The smallest absolute Gasteiger partial charge is 0.417 e. The summed E-state index contributed by atoms with van der Waals surface area (Å²) >= 11 is 0. The van der Waals surface area contributed by atoms with E-state index in [1.807, 2.05) is 0 Å². The highest BCUT2D eigenvalue weighted by atomic mass is 19.4. The van der Waals surface area contributed by atoms with Crippen molar-refractivity contribution in [1.82, 2.24) is 4.90 Å². The molecule has 0 aliphatic carbocycles. The summed E-state index contributed by atoms with van der Waals surface area (Å²) in [6.07, 6.45) is -5.56. The number of anilines is 3. The van der Waals surface area contributed by atoms with Crippen LogP contribution in [0.1, 0.15) is 47.8 Å². The normalized spacial score (nSPS) is 18.0. The Bertz CT molecular complexity index is 1630. The minimum Gasteiger partial charge on any atom is -0.454 e. The number of nitrogens with zero attached hydrogens (tertiary/aromatic N) is 3. The molecule has 1 saturated heterocycles. The predicted octanol–water partition coefficient (Wildman–Crippen LogP) is 5.96. The van der Waals surface area contributed by atoms with Crippen LogP contribution in [0.4, 0.5) is 35.0 Å². The summed E-state index contributed by atoms with van der Waals surface area (Å²) in [5.74, 6) is -0.865. The molecule has 3 aromatic rings. The third-order valence-corrected chi connectivity index (χ3v) is 6.90. The number of ether oxygens (including phenoxy) is 2. The number of nitriles is 1. The molecule has 0 saturated carbocycles. The molecule has 210 valence electrons. The second-order valence-corrected chi connectivity index (χ2v) is 9.99. The SMILES string of the molecule is CC1OC(=O)c2cc(Nc3ccccc3CN3C(=O)N(c4ccc(C#N)c(C(F)(F)F)c4)C(=O)C3(C)C)ccc2O1. The summed E-state index contributed by atoms with van der Waals surface area (Å²) in [6, 6.07) is 15.3. The lowest BCUT2D eigenvalue weighted by molar-refractivity contribution is -0.137. The number of carbonyl (C=O) groups is 3. The zero-order valence-corrected chi connectivity index (χ0v) is 22.1. The molecule has 3 amide bonds. The van der Waals surface area contributed by atoms with Crippen LogP contribution in [-0.4, -0.2) is 34.6 Å². The van der Waals surface area contributed by atoms with Gasteiger partial charge in [0, 0.05) is 18.3 Å². The first-order valence-electron chi connectivity index (χ1n) is 12.5. The van der Waals surface area contributed by atoms with E-state index in [1.165, 1.54) is 24.8 Å². The van der Waals surface area contributed by atoms with Gasteiger partial charge in [-0.3, -0.25) is 4.79 Å². The Balaban J connectivity index is 1.44. The summed E-state index contributed by atoms with van der Waals surface area (Å²) in [5, 5.41) is 12.3. The summed E-state index contributed by atoms with van der Waals surface area (Å²) < 4.78 is 51.4. The topological polar surface area (TPSA) is 112 Å². The molecule has 2 aliphatic heterocycles. The van der Waals surface area contributed by atoms with Crippen molar-refractivity contribution in [2.75, 3.05) is 10.2 Å². The minimum absolute atomic E-state index is 0.0622. The van der Waals surface area contributed by atoms with Crippen molar-refractivity contribution in [2.45, 2.75) is 45.3 Å². The Hall–Kier alpha value is -5.05. The predicted molar refractivity (Wildman–Crippen MR) is 140 cm³/mol. The first-order valence-corrected chi connectivity index (χ1v) is 12.5. The molecule has 41 heavy (non-hydrogen) atoms. The lowest BCUT2D eigenvalue weighted by atomic mass is 10.0. The van der Waals surface area contributed by atoms with Gasteiger partial charge in [0.15, 0.2) is 0 Å². The van der Waals surface area contributed by atoms with Gasteiger partial charge in [-0.2, -0.15) is 18.4 Å². The standard InChI is InChI=1S/C29H23F3N4O5/c1-16-40-24-11-9-19(12-21(24)25(37)41-16)34-23-7-5-4-6-18(23)15-35-27(39)36(26(38)28(35,2)3)20-10-8-17(14-33)22(13-20)29(30,31)32/h4-13,16,34H,15H2,1-3H3. The summed E-state index contributed by atoms with van der Waals surface area (Å²) in [6.45, 7) is 4.56. The van der Waals surface area contributed by atoms with Crippen LogP contribution in [0.15, 0.2) is 60.7 Å². The van der Waals surface area contributed by atoms with Crippen LogP contribution in [0.25, 0.3) is 0 Å². The number of hydrogen-bond acceptors (Lipinski definition) is 7. The summed E-state index contributed by atoms with van der Waals surface area (Å²) in [4.78, 5) is 41.2. The summed E-state index contributed by atoms with van der Waals surface area (Å²) in [5.41, 5.74) is -1.60. The Labute approximate surface area is 232 Å². The first kappa shape index (κ1) is 27.5. The molecule has 0 radical (unpaired) electrons. The van der Waals surface area contributed by atoms with Gasteiger partial charge in [0.25, 0.3) is 5.91 Å². The highest BCUT2D eigenvalue weighted by Crippen LogP contribution is 2.39. The van der Waals surface area contributed by atoms with E-state index in [2.05, 4.69) is 5.32 Å². The fourth-order valence-electron chi connectivity index (χ4n) is 4.73. The van der Waals surface area contributed by atoms with Crippen molar-refractivity contribution in [2.24, 2.45) is 0 Å². The minimum atomic E-state index is -4.86. The van der Waals surface area contributed by atoms with Crippen molar-refractivity contribution in [3.63, 3.8) is 0 Å². The number of urea groups is 1. The van der Waals surface area contributed by atoms with Crippen molar-refractivity contribution in [3.8, 4) is 11.8 Å². The number of carbonyl (C=O) groups excluding carboxylic acids is 3. The number of rotatable bonds is 5. The highest BCUT2D eigenvalue weighted by molar-refractivity contribution is 6.23. The summed E-state index contributed by atoms with van der Waals surface area (Å²) in [7, 11) is 0. The van der Waals surface area contributed by atoms with E-state index in [9.17, 15) is 27.6 Å². The van der Waals surface area contributed by atoms with Crippen molar-refractivity contribution >= 4 is 35.0 Å². The largest absolute Gasteiger partial charge is 0.454 e. The number of imide groups is 1. The van der Waals surface area contributed by atoms with Gasteiger partial charge >= 0.3 is 18.2 Å². The monoisotopic (exact) mass is 564 g/mol. The first-order chi connectivity index (χ1) is 19.3. The number of cyclic esters (lactones) is 1. The molecule has 9 nitrogen and oxygen atoms in total. The van der Waals surface area contributed by atoms with Gasteiger partial charge in [-0.05, 0) is 61.9 Å². The molecular weight excluding hydrogens is 541 g/mol. The molecule has 0 aromatic heterocycles. The van der Waals surface area contributed by atoms with Gasteiger partial charge in [-0.1, -0.05) is 18.2 Å². The van der Waals surface area contributed by atoms with Crippen molar-refractivity contribution < 1.29 is 37.0 Å². The molecule has 12 heteroatoms. The van der Waals surface area contributed by atoms with Gasteiger partial charge < -0.3 is 19.7 Å². The van der Waals surface area contributed by atoms with E-state index in [0.717, 1.165) is 12.1 Å². The molecular formula is C29H23F3N4O5. The number of nitrogens with one attached hydrogen (secondary N) is 1. The number of para-hydroxylation sites is 1. The average molecular weight is 565 g/mol. The number of amides is 3. The zero-order chi connectivity index (χ0) is 29.7. The maximum absolute atomic E-state index is 13.6. The molecule has 0 spiro atoms. The second-order valence-electron chi connectivity index (χ2n) is 9.99. The van der Waals surface area contributed by atoms with E-state index in [1.54, 1.807) is 49.4 Å². The molecule has 1 N–H and O–H groups in total. The van der Waals surface area contributed by atoms with Crippen LogP contribution < -0.4 is 15.0 Å². The van der Waals surface area contributed by atoms with Crippen LogP contribution in [0.3, 0.4) is 0 Å². The molecule has 2 heterocycles. The van der Waals surface area contributed by atoms with E-state index >= 15 is 0 Å². The number of alkyl halides is 3. The maximum atomic E-state index is 13.6. The van der Waals surface area contributed by atoms with Crippen molar-refractivity contribution in [3.05, 3.63) is 82.9 Å². The van der Waals surface area contributed by atoms with Crippen LogP contribution in [0.5, 0.6) is 5.75 Å². The molecule has 1 atom stereocenters. The van der Waals surface area contributed by atoms with Gasteiger partial charge in [0.2, 0.25) is 6.29 Å². The van der Waals surface area contributed by atoms with Crippen LogP contribution in [0, 0.1) is 11.3 Å². The second kappa shape index (κ2) is 9.85. The lowest BCUT2D eigenvalue weighted by Crippen LogP contribution is -2.43. The third kappa shape index (κ3) is 4.91. The lowest BCUT2D eigenvalue weighted by Gasteiger charge is -2.28. The van der Waals surface area contributed by atoms with E-state index < -0.39 is 47.0 Å². The van der Waals surface area contributed by atoms with Crippen molar-refractivity contribution in [1.29, 1.82) is 5.26 Å². The van der Waals surface area contributed by atoms with Crippen LogP contribution >= 0.6 is 0 Å². The van der Waals surface area contributed by atoms with Gasteiger partial charge in [0.05, 0.1) is 29.4 Å². The van der Waals surface area contributed by atoms with E-state index in [4.69, 9.17) is 14.7 Å². The van der Waals surface area contributed by atoms with Gasteiger partial charge in [-0.25, -0.2) is 14.5 Å². The Morgan fingerprint density at radius 2 is 1.76 bits per heavy atom. The average Bonchev–Trinajstić information content (AvgIpc) is 3.08. The number of hydrogen-bond donors (Lipinski definition) is 1. The number of halogens is 3. The van der Waals surface area contributed by atoms with E-state index in [-0.39, 0.29) is 17.8 Å². The molecule has 3 aromatic carbocycles. The zero-order valence-electron chi connectivity index (χ0n) is 22.1. The molecule has 1 unspecified atom stereocenters. The molecule has 0 bridgehead atoms. The third-order valence-electron chi connectivity index (χ3n) is 6.90. The highest BCUT2D eigenvalue weighted by Gasteiger charge is 2.52. The Morgan fingerprint density at radius 1 is 1.02 bits per heavy atom. The van der Waals surface area contributed by atoms with Gasteiger partial charge in [0.1, 0.15) is 16.9 Å². The maximum Gasteiger partial charge on any atom is 0.417 e.